The fourth-order valence-electron chi connectivity index (χ4n) is 2.30. The number of hydrogen-bond donors (Lipinski definition) is 1. The van der Waals surface area contributed by atoms with Gasteiger partial charge >= 0.3 is 0 Å². The van der Waals surface area contributed by atoms with E-state index < -0.39 is 4.92 Å². The topological polar surface area (TPSA) is 117 Å². The van der Waals surface area contributed by atoms with E-state index in [9.17, 15) is 10.1 Å². The van der Waals surface area contributed by atoms with Crippen LogP contribution in [0.3, 0.4) is 0 Å². The molecule has 2 atom stereocenters. The molecule has 0 aliphatic carbocycles. The van der Waals surface area contributed by atoms with Gasteiger partial charge in [0.1, 0.15) is 6.10 Å². The van der Waals surface area contributed by atoms with E-state index in [4.69, 9.17) is 15.0 Å². The van der Waals surface area contributed by atoms with Crippen LogP contribution in [0.4, 0.5) is 5.69 Å². The Labute approximate surface area is 120 Å². The van der Waals surface area contributed by atoms with Crippen LogP contribution in [0.2, 0.25) is 0 Å². The molecule has 2 unspecified atom stereocenters. The van der Waals surface area contributed by atoms with E-state index in [2.05, 4.69) is 10.1 Å². The summed E-state index contributed by atoms with van der Waals surface area (Å²) in [5, 5.41) is 14.6. The highest BCUT2D eigenvalue weighted by molar-refractivity contribution is 5.58. The van der Waals surface area contributed by atoms with Crippen LogP contribution in [0, 0.1) is 10.1 Å². The number of hydrogen-bond acceptors (Lipinski definition) is 7. The molecule has 0 saturated carbocycles. The molecule has 1 fully saturated rings. The number of nitrogens with zero attached hydrogens (tertiary/aromatic N) is 3. The van der Waals surface area contributed by atoms with E-state index in [0.29, 0.717) is 23.8 Å². The van der Waals surface area contributed by atoms with Gasteiger partial charge in [-0.3, -0.25) is 10.1 Å². The molecule has 0 spiro atoms. The fourth-order valence-corrected chi connectivity index (χ4v) is 2.30. The van der Waals surface area contributed by atoms with E-state index in [-0.39, 0.29) is 17.9 Å². The maximum absolute atomic E-state index is 10.8. The van der Waals surface area contributed by atoms with Crippen LogP contribution in [-0.2, 0) is 4.74 Å². The van der Waals surface area contributed by atoms with E-state index in [1.54, 1.807) is 12.1 Å². The van der Waals surface area contributed by atoms with Crippen molar-refractivity contribution in [1.29, 1.82) is 0 Å². The lowest BCUT2D eigenvalue weighted by Crippen LogP contribution is -2.18. The average Bonchev–Trinajstić information content (AvgIpc) is 3.16. The molecule has 21 heavy (non-hydrogen) atoms. The van der Waals surface area contributed by atoms with Gasteiger partial charge in [-0.2, -0.15) is 4.98 Å². The molecule has 8 nitrogen and oxygen atoms in total. The second-order valence-corrected chi connectivity index (χ2v) is 4.82. The number of ether oxygens (including phenoxy) is 1. The predicted molar refractivity (Wildman–Crippen MR) is 72.3 cm³/mol. The number of rotatable bonds is 4. The van der Waals surface area contributed by atoms with Crippen molar-refractivity contribution in [1.82, 2.24) is 10.1 Å². The summed E-state index contributed by atoms with van der Waals surface area (Å²) in [6, 6.07) is 6.10. The van der Waals surface area contributed by atoms with E-state index in [1.165, 1.54) is 12.1 Å². The summed E-state index contributed by atoms with van der Waals surface area (Å²) in [5.41, 5.74) is 6.08. The molecule has 1 aromatic heterocycles. The van der Waals surface area contributed by atoms with Gasteiger partial charge in [0.05, 0.1) is 11.0 Å². The van der Waals surface area contributed by atoms with Crippen LogP contribution in [0.5, 0.6) is 0 Å². The normalized spacial score (nSPS) is 21.6. The molecule has 1 aromatic carbocycles. The van der Waals surface area contributed by atoms with Crippen LogP contribution in [0.15, 0.2) is 28.8 Å². The second-order valence-electron chi connectivity index (χ2n) is 4.82. The molecular weight excluding hydrogens is 276 g/mol. The lowest BCUT2D eigenvalue weighted by molar-refractivity contribution is -0.384. The quantitative estimate of drug-likeness (QED) is 0.674. The van der Waals surface area contributed by atoms with E-state index >= 15 is 0 Å². The number of nitro groups is 1. The summed E-state index contributed by atoms with van der Waals surface area (Å²) in [5.74, 6) is 0.695. The van der Waals surface area contributed by atoms with Crippen molar-refractivity contribution < 1.29 is 14.2 Å². The maximum Gasteiger partial charge on any atom is 0.270 e. The number of nitro benzene ring substituents is 1. The summed E-state index contributed by atoms with van der Waals surface area (Å²) in [6.07, 6.45) is 1.40. The lowest BCUT2D eigenvalue weighted by atomic mass is 10.2. The van der Waals surface area contributed by atoms with Crippen LogP contribution < -0.4 is 5.73 Å². The van der Waals surface area contributed by atoms with Crippen LogP contribution in [-0.4, -0.2) is 27.7 Å². The maximum atomic E-state index is 10.8. The van der Waals surface area contributed by atoms with Gasteiger partial charge in [-0.25, -0.2) is 0 Å². The molecule has 110 valence electrons. The van der Waals surface area contributed by atoms with Gasteiger partial charge in [-0.15, -0.1) is 0 Å². The zero-order chi connectivity index (χ0) is 14.8. The smallest absolute Gasteiger partial charge is 0.270 e. The summed E-state index contributed by atoms with van der Waals surface area (Å²) in [6.45, 7) is 0.461. The Morgan fingerprint density at radius 2 is 2.29 bits per heavy atom. The molecular formula is C13H14N4O4. The minimum atomic E-state index is -0.462. The van der Waals surface area contributed by atoms with Crippen molar-refractivity contribution in [3.8, 4) is 11.4 Å². The Hall–Kier alpha value is -2.32. The molecule has 2 aromatic rings. The third-order valence-electron chi connectivity index (χ3n) is 3.40. The standard InChI is InChI=1S/C13H14N4O4/c14-7-10-4-5-11(20-10)13-15-12(16-21-13)8-2-1-3-9(6-8)17(18)19/h1-3,6,10-11H,4-5,7,14H2. The third kappa shape index (κ3) is 2.76. The van der Waals surface area contributed by atoms with Crippen molar-refractivity contribution in [3.05, 3.63) is 40.3 Å². The SMILES string of the molecule is NCC1CCC(c2nc(-c3cccc([N+](=O)[O-])c3)no2)O1. The highest BCUT2D eigenvalue weighted by atomic mass is 16.6. The lowest BCUT2D eigenvalue weighted by Gasteiger charge is -2.07. The molecule has 8 heteroatoms. The first-order chi connectivity index (χ1) is 10.2. The zero-order valence-electron chi connectivity index (χ0n) is 11.1. The number of non-ortho nitro benzene ring substituents is 1. The highest BCUT2D eigenvalue weighted by Crippen LogP contribution is 2.32. The monoisotopic (exact) mass is 290 g/mol. The first kappa shape index (κ1) is 13.7. The average molecular weight is 290 g/mol. The molecule has 0 bridgehead atoms. The summed E-state index contributed by atoms with van der Waals surface area (Å²) >= 11 is 0. The summed E-state index contributed by atoms with van der Waals surface area (Å²) in [4.78, 5) is 14.6. The first-order valence-corrected chi connectivity index (χ1v) is 6.61. The Kier molecular flexibility index (Phi) is 3.63. The van der Waals surface area contributed by atoms with Crippen molar-refractivity contribution in [2.24, 2.45) is 5.73 Å². The molecule has 1 saturated heterocycles. The first-order valence-electron chi connectivity index (χ1n) is 6.61. The molecule has 3 rings (SSSR count). The number of aromatic nitrogens is 2. The molecule has 1 aliphatic rings. The Morgan fingerprint density at radius 3 is 3.00 bits per heavy atom. The summed E-state index contributed by atoms with van der Waals surface area (Å²) in [7, 11) is 0. The molecule has 1 aliphatic heterocycles. The van der Waals surface area contributed by atoms with E-state index in [0.717, 1.165) is 12.8 Å². The fraction of sp³-hybridized carbons (Fsp3) is 0.385. The largest absolute Gasteiger partial charge is 0.364 e. The van der Waals surface area contributed by atoms with Crippen molar-refractivity contribution in [2.75, 3.05) is 6.54 Å². The second kappa shape index (κ2) is 5.58. The zero-order valence-corrected chi connectivity index (χ0v) is 11.1. The van der Waals surface area contributed by atoms with Crippen molar-refractivity contribution in [2.45, 2.75) is 25.0 Å². The van der Waals surface area contributed by atoms with Gasteiger partial charge < -0.3 is 15.0 Å². The van der Waals surface area contributed by atoms with Crippen molar-refractivity contribution >= 4 is 5.69 Å². The highest BCUT2D eigenvalue weighted by Gasteiger charge is 2.30. The molecule has 0 amide bonds. The van der Waals surface area contributed by atoms with E-state index in [1.807, 2.05) is 0 Å². The van der Waals surface area contributed by atoms with Gasteiger partial charge in [0, 0.05) is 24.2 Å². The van der Waals surface area contributed by atoms with Gasteiger partial charge in [-0.1, -0.05) is 17.3 Å². The molecule has 2 heterocycles. The predicted octanol–water partition coefficient (Wildman–Crippen LogP) is 1.82. The Morgan fingerprint density at radius 1 is 1.43 bits per heavy atom. The minimum Gasteiger partial charge on any atom is -0.364 e. The molecule has 0 radical (unpaired) electrons. The van der Waals surface area contributed by atoms with Crippen LogP contribution >= 0.6 is 0 Å². The third-order valence-corrected chi connectivity index (χ3v) is 3.40. The Balaban J connectivity index is 1.82. The number of benzene rings is 1. The Bertz CT molecular complexity index is 657. The van der Waals surface area contributed by atoms with Gasteiger partial charge in [0.2, 0.25) is 5.82 Å². The molecule has 2 N–H and O–H groups in total. The number of nitrogens with two attached hydrogens (primary N) is 1. The van der Waals surface area contributed by atoms with Crippen LogP contribution in [0.25, 0.3) is 11.4 Å². The summed E-state index contributed by atoms with van der Waals surface area (Å²) < 4.78 is 10.9. The van der Waals surface area contributed by atoms with Gasteiger partial charge in [0.15, 0.2) is 0 Å². The van der Waals surface area contributed by atoms with Crippen LogP contribution in [0.1, 0.15) is 24.8 Å². The van der Waals surface area contributed by atoms with Gasteiger partial charge in [-0.05, 0) is 12.8 Å². The van der Waals surface area contributed by atoms with Gasteiger partial charge in [0.25, 0.3) is 11.6 Å². The minimum absolute atomic E-state index is 0.0147. The van der Waals surface area contributed by atoms with Crippen molar-refractivity contribution in [3.63, 3.8) is 0 Å².